The number of para-hydroxylation sites is 1. The molecule has 0 spiro atoms. The summed E-state index contributed by atoms with van der Waals surface area (Å²) in [6.07, 6.45) is 0. The number of halogens is 1. The lowest BCUT2D eigenvalue weighted by molar-refractivity contribution is 0.284. The van der Waals surface area contributed by atoms with Gasteiger partial charge >= 0.3 is 0 Å². The third-order valence-electron chi connectivity index (χ3n) is 3.65. The van der Waals surface area contributed by atoms with Crippen molar-refractivity contribution in [3.05, 3.63) is 53.8 Å². The zero-order valence-corrected chi connectivity index (χ0v) is 13.4. The summed E-state index contributed by atoms with van der Waals surface area (Å²) < 4.78 is 29.6. The maximum atomic E-state index is 13.5. The highest BCUT2D eigenvalue weighted by atomic mass is 19.1. The molecule has 0 aliphatic rings. The molecule has 0 atom stereocenters. The summed E-state index contributed by atoms with van der Waals surface area (Å²) in [4.78, 5) is 4.46. The van der Waals surface area contributed by atoms with Crippen molar-refractivity contribution >= 4 is 16.6 Å². The van der Waals surface area contributed by atoms with Gasteiger partial charge in [-0.2, -0.15) is 0 Å². The summed E-state index contributed by atoms with van der Waals surface area (Å²) in [7, 11) is 3.02. The highest BCUT2D eigenvalue weighted by Crippen LogP contribution is 2.32. The average Bonchev–Trinajstić information content (AvgIpc) is 2.61. The van der Waals surface area contributed by atoms with Gasteiger partial charge in [-0.15, -0.1) is 0 Å². The monoisotopic (exact) mass is 328 g/mol. The van der Waals surface area contributed by atoms with Crippen molar-refractivity contribution in [2.45, 2.75) is 6.61 Å². The number of nitrogens with two attached hydrogens (primary N) is 1. The van der Waals surface area contributed by atoms with E-state index in [4.69, 9.17) is 19.9 Å². The summed E-state index contributed by atoms with van der Waals surface area (Å²) in [6, 6.07) is 12.1. The quantitative estimate of drug-likeness (QED) is 0.726. The van der Waals surface area contributed by atoms with Crippen LogP contribution in [0, 0.1) is 5.82 Å². The van der Waals surface area contributed by atoms with Gasteiger partial charge in [0.2, 0.25) is 5.88 Å². The first-order valence-electron chi connectivity index (χ1n) is 7.31. The third-order valence-corrected chi connectivity index (χ3v) is 3.65. The number of hydrogen-bond acceptors (Lipinski definition) is 5. The molecule has 124 valence electrons. The molecule has 0 radical (unpaired) electrons. The topological polar surface area (TPSA) is 66.6 Å². The van der Waals surface area contributed by atoms with E-state index in [1.54, 1.807) is 13.2 Å². The Morgan fingerprint density at radius 1 is 1.04 bits per heavy atom. The molecule has 3 rings (SSSR count). The number of hydrogen-bond donors (Lipinski definition) is 1. The van der Waals surface area contributed by atoms with E-state index in [0.29, 0.717) is 11.6 Å². The number of benzene rings is 2. The van der Waals surface area contributed by atoms with Gasteiger partial charge < -0.3 is 19.9 Å². The Hall–Kier alpha value is -3.02. The van der Waals surface area contributed by atoms with Crippen LogP contribution in [-0.4, -0.2) is 19.2 Å². The van der Waals surface area contributed by atoms with Gasteiger partial charge in [-0.05, 0) is 6.07 Å². The van der Waals surface area contributed by atoms with E-state index in [2.05, 4.69) is 4.98 Å². The Morgan fingerprint density at radius 3 is 2.62 bits per heavy atom. The van der Waals surface area contributed by atoms with Crippen LogP contribution in [0.4, 0.5) is 10.1 Å². The van der Waals surface area contributed by atoms with Crippen molar-refractivity contribution in [1.29, 1.82) is 0 Å². The molecule has 1 aromatic heterocycles. The molecular formula is C18H17FN2O3. The van der Waals surface area contributed by atoms with Crippen LogP contribution in [0.15, 0.2) is 42.5 Å². The van der Waals surface area contributed by atoms with E-state index in [0.717, 1.165) is 16.5 Å². The smallest absolute Gasteiger partial charge is 0.213 e. The molecule has 2 aromatic carbocycles. The highest BCUT2D eigenvalue weighted by molar-refractivity contribution is 5.82. The number of fused-ring (bicyclic) bond motifs is 1. The van der Waals surface area contributed by atoms with Crippen LogP contribution >= 0.6 is 0 Å². The molecule has 6 heteroatoms. The standard InChI is InChI=1S/C18H17FN2O3/c1-22-15-8-13(19)14(20)9-16(15)24-10-12-5-3-4-11-6-7-17(23-2)21-18(11)12/h3-9H,10,20H2,1-2H3. The number of nitrogen functional groups attached to an aromatic ring is 1. The Balaban J connectivity index is 1.92. The second-order valence-electron chi connectivity index (χ2n) is 5.16. The highest BCUT2D eigenvalue weighted by Gasteiger charge is 2.11. The summed E-state index contributed by atoms with van der Waals surface area (Å²) >= 11 is 0. The van der Waals surface area contributed by atoms with Crippen LogP contribution in [0.25, 0.3) is 10.9 Å². The van der Waals surface area contributed by atoms with E-state index >= 15 is 0 Å². The molecule has 3 aromatic rings. The molecule has 2 N–H and O–H groups in total. The first-order valence-corrected chi connectivity index (χ1v) is 7.31. The van der Waals surface area contributed by atoms with Gasteiger partial charge in [0.25, 0.3) is 0 Å². The lowest BCUT2D eigenvalue weighted by Gasteiger charge is -2.13. The minimum absolute atomic E-state index is 0.00325. The first kappa shape index (κ1) is 15.9. The fourth-order valence-electron chi connectivity index (χ4n) is 2.40. The molecule has 5 nitrogen and oxygen atoms in total. The minimum atomic E-state index is -0.546. The summed E-state index contributed by atoms with van der Waals surface area (Å²) in [6.45, 7) is 0.235. The molecule has 0 aliphatic heterocycles. The fourth-order valence-corrected chi connectivity index (χ4v) is 2.40. The summed E-state index contributed by atoms with van der Waals surface area (Å²) in [5.74, 6) is 0.637. The van der Waals surface area contributed by atoms with Crippen LogP contribution in [0.2, 0.25) is 0 Å². The maximum absolute atomic E-state index is 13.5. The molecule has 0 fully saturated rings. The van der Waals surface area contributed by atoms with E-state index in [-0.39, 0.29) is 18.0 Å². The first-order chi connectivity index (χ1) is 11.6. The molecule has 24 heavy (non-hydrogen) atoms. The SMILES string of the molecule is COc1ccc2cccc(COc3cc(N)c(F)cc3OC)c2n1. The molecule has 0 saturated heterocycles. The van der Waals surface area contributed by atoms with Gasteiger partial charge in [0.1, 0.15) is 12.4 Å². The average molecular weight is 328 g/mol. The normalized spacial score (nSPS) is 10.6. The Labute approximate surface area is 138 Å². The summed E-state index contributed by atoms with van der Waals surface area (Å²) in [5, 5.41) is 0.975. The predicted molar refractivity (Wildman–Crippen MR) is 90.0 cm³/mol. The maximum Gasteiger partial charge on any atom is 0.213 e. The van der Waals surface area contributed by atoms with Gasteiger partial charge in [0.15, 0.2) is 11.5 Å². The van der Waals surface area contributed by atoms with E-state index in [1.165, 1.54) is 19.2 Å². The van der Waals surface area contributed by atoms with E-state index in [1.807, 2.05) is 24.3 Å². The number of nitrogens with zero attached hydrogens (tertiary/aromatic N) is 1. The Kier molecular flexibility index (Phi) is 4.37. The van der Waals surface area contributed by atoms with Gasteiger partial charge in [-0.1, -0.05) is 18.2 Å². The van der Waals surface area contributed by atoms with Crippen LogP contribution in [0.1, 0.15) is 5.56 Å². The molecule has 1 heterocycles. The number of aromatic nitrogens is 1. The Morgan fingerprint density at radius 2 is 1.88 bits per heavy atom. The lowest BCUT2D eigenvalue weighted by Crippen LogP contribution is -2.01. The van der Waals surface area contributed by atoms with Gasteiger partial charge in [0, 0.05) is 29.1 Å². The number of pyridine rings is 1. The van der Waals surface area contributed by atoms with Crippen molar-refractivity contribution in [2.75, 3.05) is 20.0 Å². The molecule has 0 aliphatic carbocycles. The number of anilines is 1. The van der Waals surface area contributed by atoms with Crippen molar-refractivity contribution in [1.82, 2.24) is 4.98 Å². The van der Waals surface area contributed by atoms with Gasteiger partial charge in [0.05, 0.1) is 25.4 Å². The summed E-state index contributed by atoms with van der Waals surface area (Å²) in [5.41, 5.74) is 7.26. The van der Waals surface area contributed by atoms with Gasteiger partial charge in [-0.3, -0.25) is 0 Å². The second kappa shape index (κ2) is 6.62. The molecule has 0 unspecified atom stereocenters. The largest absolute Gasteiger partial charge is 0.493 e. The van der Waals surface area contributed by atoms with E-state index < -0.39 is 5.82 Å². The number of rotatable bonds is 5. The lowest BCUT2D eigenvalue weighted by atomic mass is 10.1. The van der Waals surface area contributed by atoms with Gasteiger partial charge in [-0.25, -0.2) is 9.37 Å². The van der Waals surface area contributed by atoms with Crippen LogP contribution in [-0.2, 0) is 6.61 Å². The molecule has 0 saturated carbocycles. The minimum Gasteiger partial charge on any atom is -0.493 e. The molecular weight excluding hydrogens is 311 g/mol. The van der Waals surface area contributed by atoms with E-state index in [9.17, 15) is 4.39 Å². The van der Waals surface area contributed by atoms with Crippen LogP contribution < -0.4 is 19.9 Å². The Bertz CT molecular complexity index is 884. The predicted octanol–water partition coefficient (Wildman–Crippen LogP) is 3.55. The zero-order chi connectivity index (χ0) is 17.1. The fraction of sp³-hybridized carbons (Fsp3) is 0.167. The van der Waals surface area contributed by atoms with Crippen LogP contribution in [0.3, 0.4) is 0 Å². The van der Waals surface area contributed by atoms with Crippen molar-refractivity contribution in [3.63, 3.8) is 0 Å². The van der Waals surface area contributed by atoms with Crippen LogP contribution in [0.5, 0.6) is 17.4 Å². The number of ether oxygens (including phenoxy) is 3. The third kappa shape index (κ3) is 3.03. The molecule has 0 amide bonds. The van der Waals surface area contributed by atoms with Crippen molar-refractivity contribution < 1.29 is 18.6 Å². The van der Waals surface area contributed by atoms with Crippen molar-refractivity contribution in [3.8, 4) is 17.4 Å². The van der Waals surface area contributed by atoms with Crippen molar-refractivity contribution in [2.24, 2.45) is 0 Å². The zero-order valence-electron chi connectivity index (χ0n) is 13.4. The second-order valence-corrected chi connectivity index (χ2v) is 5.16. The number of methoxy groups -OCH3 is 2. The molecule has 0 bridgehead atoms.